The minimum Gasteiger partial charge on any atom is -0.267 e. The van der Waals surface area contributed by atoms with Gasteiger partial charge in [-0.05, 0) is 60.6 Å². The van der Waals surface area contributed by atoms with Crippen molar-refractivity contribution in [1.82, 2.24) is 5.01 Å². The van der Waals surface area contributed by atoms with E-state index in [9.17, 15) is 4.79 Å². The summed E-state index contributed by atoms with van der Waals surface area (Å²) in [5, 5.41) is 5.95. The molecule has 0 aliphatic rings. The van der Waals surface area contributed by atoms with Gasteiger partial charge in [-0.1, -0.05) is 17.2 Å². The Labute approximate surface area is 116 Å². The van der Waals surface area contributed by atoms with E-state index in [4.69, 9.17) is 0 Å². The lowest BCUT2D eigenvalue weighted by Gasteiger charge is -2.31. The summed E-state index contributed by atoms with van der Waals surface area (Å²) in [6, 6.07) is 5.88. The topological polar surface area (TPSA) is 32.7 Å². The van der Waals surface area contributed by atoms with Crippen LogP contribution in [0.15, 0.2) is 23.3 Å². The second-order valence-corrected chi connectivity index (χ2v) is 6.21. The molecule has 0 spiro atoms. The van der Waals surface area contributed by atoms with E-state index in [0.717, 1.165) is 16.8 Å². The Kier molecular flexibility index (Phi) is 4.51. The van der Waals surface area contributed by atoms with Gasteiger partial charge < -0.3 is 0 Å². The van der Waals surface area contributed by atoms with Crippen LogP contribution < -0.4 is 0 Å². The van der Waals surface area contributed by atoms with Crippen LogP contribution in [-0.4, -0.2) is 22.2 Å². The molecule has 0 N–H and O–H groups in total. The van der Waals surface area contributed by atoms with E-state index in [1.807, 2.05) is 60.6 Å². The van der Waals surface area contributed by atoms with Crippen LogP contribution in [-0.2, 0) is 0 Å². The highest BCUT2D eigenvalue weighted by atomic mass is 16.2. The monoisotopic (exact) mass is 260 g/mol. The third-order valence-corrected chi connectivity index (χ3v) is 2.60. The third kappa shape index (κ3) is 4.19. The van der Waals surface area contributed by atoms with Crippen molar-refractivity contribution in [3.05, 3.63) is 34.9 Å². The zero-order valence-electron chi connectivity index (χ0n) is 13.0. The molecule has 0 atom stereocenters. The van der Waals surface area contributed by atoms with Gasteiger partial charge in [-0.25, -0.2) is 5.01 Å². The number of aryl methyl sites for hydroxylation is 2. The van der Waals surface area contributed by atoms with Gasteiger partial charge in [0, 0.05) is 11.3 Å². The number of hydrazone groups is 1. The number of nitrogens with zero attached hydrogens (tertiary/aromatic N) is 2. The van der Waals surface area contributed by atoms with Gasteiger partial charge in [0.15, 0.2) is 0 Å². The normalized spacial score (nSPS) is 11.1. The first-order chi connectivity index (χ1) is 8.61. The quantitative estimate of drug-likeness (QED) is 0.585. The van der Waals surface area contributed by atoms with E-state index >= 15 is 0 Å². The summed E-state index contributed by atoms with van der Waals surface area (Å²) in [6.07, 6.45) is 0. The fraction of sp³-hybridized carbons (Fsp3) is 0.500. The summed E-state index contributed by atoms with van der Waals surface area (Å²) in [6.45, 7) is 13.8. The number of carbonyl (C=O) groups is 1. The highest BCUT2D eigenvalue weighted by molar-refractivity contribution is 5.96. The first-order valence-corrected chi connectivity index (χ1v) is 6.56. The van der Waals surface area contributed by atoms with Gasteiger partial charge in [0.05, 0.1) is 5.54 Å². The van der Waals surface area contributed by atoms with E-state index < -0.39 is 0 Å². The van der Waals surface area contributed by atoms with Gasteiger partial charge in [0.1, 0.15) is 0 Å². The molecule has 0 fully saturated rings. The largest absolute Gasteiger partial charge is 0.274 e. The van der Waals surface area contributed by atoms with Gasteiger partial charge in [-0.2, -0.15) is 5.10 Å². The first kappa shape index (κ1) is 15.4. The molecular weight excluding hydrogens is 236 g/mol. The molecule has 1 rings (SSSR count). The van der Waals surface area contributed by atoms with Gasteiger partial charge in [0.2, 0.25) is 0 Å². The van der Waals surface area contributed by atoms with E-state index in [2.05, 4.69) is 11.2 Å². The average molecular weight is 260 g/mol. The van der Waals surface area contributed by atoms with Crippen LogP contribution in [0.1, 0.15) is 56.1 Å². The maximum absolute atomic E-state index is 12.7. The number of amides is 1. The lowest BCUT2D eigenvalue weighted by molar-refractivity contribution is 0.0591. The molecule has 104 valence electrons. The molecule has 0 bridgehead atoms. The summed E-state index contributed by atoms with van der Waals surface area (Å²) in [4.78, 5) is 12.7. The van der Waals surface area contributed by atoms with Crippen molar-refractivity contribution in [1.29, 1.82) is 0 Å². The summed E-state index contributed by atoms with van der Waals surface area (Å²) >= 11 is 0. The second-order valence-electron chi connectivity index (χ2n) is 6.21. The SMILES string of the molecule is CC(C)=NN(C(=O)c1cc(C)cc(C)c1)C(C)(C)C. The van der Waals surface area contributed by atoms with E-state index in [-0.39, 0.29) is 11.4 Å². The third-order valence-electron chi connectivity index (χ3n) is 2.60. The molecule has 0 saturated carbocycles. The van der Waals surface area contributed by atoms with Crippen LogP contribution in [0, 0.1) is 13.8 Å². The Hall–Kier alpha value is -1.64. The molecule has 1 aromatic rings. The highest BCUT2D eigenvalue weighted by Gasteiger charge is 2.27. The standard InChI is InChI=1S/C16H24N2O/c1-11(2)17-18(16(5,6)7)15(19)14-9-12(3)8-13(4)10-14/h8-10H,1-7H3. The molecule has 1 aromatic carbocycles. The summed E-state index contributed by atoms with van der Waals surface area (Å²) < 4.78 is 0. The smallest absolute Gasteiger partial charge is 0.267 e. The molecule has 0 aliphatic carbocycles. The molecule has 3 nitrogen and oxygen atoms in total. The minimum atomic E-state index is -0.341. The lowest BCUT2D eigenvalue weighted by Crippen LogP contribution is -2.42. The number of rotatable bonds is 2. The fourth-order valence-corrected chi connectivity index (χ4v) is 1.92. The number of benzene rings is 1. The molecule has 0 unspecified atom stereocenters. The molecular formula is C16H24N2O. The van der Waals surface area contributed by atoms with Crippen molar-refractivity contribution in [3.8, 4) is 0 Å². The second kappa shape index (κ2) is 5.55. The van der Waals surface area contributed by atoms with E-state index in [1.54, 1.807) is 5.01 Å². The van der Waals surface area contributed by atoms with Gasteiger partial charge in [0.25, 0.3) is 5.91 Å². The van der Waals surface area contributed by atoms with Crippen molar-refractivity contribution < 1.29 is 4.79 Å². The Morgan fingerprint density at radius 2 is 1.53 bits per heavy atom. The van der Waals surface area contributed by atoms with Crippen molar-refractivity contribution in [2.24, 2.45) is 5.10 Å². The summed E-state index contributed by atoms with van der Waals surface area (Å²) in [7, 11) is 0. The molecule has 0 saturated heterocycles. The van der Waals surface area contributed by atoms with Crippen LogP contribution in [0.4, 0.5) is 0 Å². The summed E-state index contributed by atoms with van der Waals surface area (Å²) in [5.41, 5.74) is 3.40. The number of hydrogen-bond donors (Lipinski definition) is 0. The first-order valence-electron chi connectivity index (χ1n) is 6.56. The Morgan fingerprint density at radius 1 is 1.05 bits per heavy atom. The Morgan fingerprint density at radius 3 is 1.89 bits per heavy atom. The van der Waals surface area contributed by atoms with Crippen LogP contribution in [0.25, 0.3) is 0 Å². The molecule has 0 radical (unpaired) electrons. The molecule has 0 aliphatic heterocycles. The number of carbonyl (C=O) groups excluding carboxylic acids is 1. The molecule has 0 aromatic heterocycles. The predicted molar refractivity (Wildman–Crippen MR) is 80.6 cm³/mol. The molecule has 19 heavy (non-hydrogen) atoms. The van der Waals surface area contributed by atoms with Crippen molar-refractivity contribution in [2.45, 2.75) is 54.0 Å². The van der Waals surface area contributed by atoms with Crippen molar-refractivity contribution >= 4 is 11.6 Å². The van der Waals surface area contributed by atoms with Crippen LogP contribution in [0.3, 0.4) is 0 Å². The maximum atomic E-state index is 12.7. The molecule has 1 amide bonds. The number of hydrogen-bond acceptors (Lipinski definition) is 2. The minimum absolute atomic E-state index is 0.0551. The van der Waals surface area contributed by atoms with Crippen molar-refractivity contribution in [3.63, 3.8) is 0 Å². The van der Waals surface area contributed by atoms with Gasteiger partial charge >= 0.3 is 0 Å². The van der Waals surface area contributed by atoms with Crippen LogP contribution >= 0.6 is 0 Å². The van der Waals surface area contributed by atoms with Crippen LogP contribution in [0.2, 0.25) is 0 Å². The average Bonchev–Trinajstić information content (AvgIpc) is 2.21. The predicted octanol–water partition coefficient (Wildman–Crippen LogP) is 3.94. The zero-order valence-corrected chi connectivity index (χ0v) is 13.0. The van der Waals surface area contributed by atoms with Crippen molar-refractivity contribution in [2.75, 3.05) is 0 Å². The molecule has 0 heterocycles. The van der Waals surface area contributed by atoms with Gasteiger partial charge in [-0.3, -0.25) is 4.79 Å². The van der Waals surface area contributed by atoms with Crippen LogP contribution in [0.5, 0.6) is 0 Å². The maximum Gasteiger partial charge on any atom is 0.274 e. The molecule has 3 heteroatoms. The fourth-order valence-electron chi connectivity index (χ4n) is 1.92. The zero-order chi connectivity index (χ0) is 14.8. The lowest BCUT2D eigenvalue weighted by atomic mass is 10.0. The highest BCUT2D eigenvalue weighted by Crippen LogP contribution is 2.19. The van der Waals surface area contributed by atoms with E-state index in [1.165, 1.54) is 0 Å². The Bertz CT molecular complexity index is 486. The van der Waals surface area contributed by atoms with E-state index in [0.29, 0.717) is 5.56 Å². The Balaban J connectivity index is 3.24. The van der Waals surface area contributed by atoms with Gasteiger partial charge in [-0.15, -0.1) is 0 Å². The summed E-state index contributed by atoms with van der Waals surface area (Å²) in [5.74, 6) is -0.0551.